The first-order chi connectivity index (χ1) is 3.15. The summed E-state index contributed by atoms with van der Waals surface area (Å²) in [7, 11) is 6.66. The normalized spacial score (nSPS) is 8.14. The minimum absolute atomic E-state index is 0.694. The van der Waals surface area contributed by atoms with Crippen LogP contribution in [0.2, 0.25) is 0 Å². The molecule has 0 rings (SSSR count). The van der Waals surface area contributed by atoms with E-state index in [1.54, 1.807) is 0 Å². The summed E-state index contributed by atoms with van der Waals surface area (Å²) in [5, 5.41) is 0. The van der Waals surface area contributed by atoms with Crippen molar-refractivity contribution in [1.29, 1.82) is 0 Å². The van der Waals surface area contributed by atoms with Gasteiger partial charge < -0.3 is 4.55 Å². The first-order valence-corrected chi connectivity index (χ1v) is 5.59. The van der Waals surface area contributed by atoms with Crippen LogP contribution in [0.5, 0.6) is 0 Å². The van der Waals surface area contributed by atoms with Crippen LogP contribution in [0.3, 0.4) is 0 Å². The van der Waals surface area contributed by atoms with Crippen LogP contribution in [0.1, 0.15) is 0 Å². The molecule has 0 aliphatic heterocycles. The molecule has 0 amide bonds. The highest BCUT2D eigenvalue weighted by Gasteiger charge is 1.83. The lowest BCUT2D eigenvalue weighted by atomic mass is 15.9. The zero-order valence-electron chi connectivity index (χ0n) is 2.86. The van der Waals surface area contributed by atoms with Gasteiger partial charge in [-0.25, -0.2) is 0 Å². The van der Waals surface area contributed by atoms with Gasteiger partial charge in [0.25, 0.3) is 0 Å². The van der Waals surface area contributed by atoms with E-state index >= 15 is 0 Å². The van der Waals surface area contributed by atoms with E-state index in [9.17, 15) is 0 Å². The number of hydrogen-bond donors (Lipinski definition) is 0. The summed E-state index contributed by atoms with van der Waals surface area (Å²) < 4.78 is 17.8. The molecule has 7 heavy (non-hydrogen) atoms. The molecule has 7 heteroatoms. The van der Waals surface area contributed by atoms with Crippen molar-refractivity contribution in [2.45, 2.75) is 0 Å². The Balaban J connectivity index is 0. The fourth-order valence-electron chi connectivity index (χ4n) is 0. The first-order valence-electron chi connectivity index (χ1n) is 0.868. The molecule has 0 radical (unpaired) electrons. The van der Waals surface area contributed by atoms with Crippen LogP contribution < -0.4 is 0 Å². The number of halogens is 3. The fraction of sp³-hybridized carbons (Fsp3) is 0. The van der Waals surface area contributed by atoms with Gasteiger partial charge in [0.1, 0.15) is 0 Å². The predicted octanol–water partition coefficient (Wildman–Crippen LogP) is 2.21. The minimum atomic E-state index is -1.67. The van der Waals surface area contributed by atoms with Crippen LogP contribution in [0.4, 0.5) is 0 Å². The third kappa shape index (κ3) is 124. The Morgan fingerprint density at radius 2 is 1.57 bits per heavy atom. The van der Waals surface area contributed by atoms with Gasteiger partial charge in [-0.3, -0.25) is 0 Å². The van der Waals surface area contributed by atoms with E-state index in [-0.39, 0.29) is 0 Å². The van der Waals surface area contributed by atoms with E-state index in [0.29, 0.717) is 0 Å². The average molecular weight is 202 g/mol. The Morgan fingerprint density at radius 1 is 1.57 bits per heavy atom. The molecule has 0 aliphatic rings. The van der Waals surface area contributed by atoms with Crippen LogP contribution in [0.25, 0.3) is 0 Å². The second-order valence-corrected chi connectivity index (χ2v) is 3.40. The van der Waals surface area contributed by atoms with E-state index in [0.717, 1.165) is 0 Å². The van der Waals surface area contributed by atoms with Crippen molar-refractivity contribution in [2.24, 2.45) is 0 Å². The third-order valence-corrected chi connectivity index (χ3v) is 0. The van der Waals surface area contributed by atoms with Crippen molar-refractivity contribution >= 4 is 50.0 Å². The lowest BCUT2D eigenvalue weighted by molar-refractivity contribution is 0.605. The molecule has 0 saturated heterocycles. The highest BCUT2D eigenvalue weighted by molar-refractivity contribution is 8.31. The van der Waals surface area contributed by atoms with E-state index in [1.807, 2.05) is 0 Å². The lowest BCUT2D eigenvalue weighted by Crippen LogP contribution is -1.63. The van der Waals surface area contributed by atoms with E-state index in [1.165, 1.54) is 0 Å². The number of rotatable bonds is 0. The molecule has 0 aliphatic carbocycles. The molecule has 0 N–H and O–H groups in total. The van der Waals surface area contributed by atoms with Crippen LogP contribution in [0.15, 0.2) is 0 Å². The molecular formula is HCl3O2PS+. The second-order valence-electron chi connectivity index (χ2n) is 0.261. The Hall–Kier alpha value is 1.28. The zero-order valence-corrected chi connectivity index (χ0v) is 6.94. The molecule has 1 atom stereocenters. The predicted molar refractivity (Wildman–Crippen MR) is 34.7 cm³/mol. The molecule has 2 nitrogen and oxygen atoms in total. The van der Waals surface area contributed by atoms with Gasteiger partial charge in [-0.05, 0) is 0 Å². The van der Waals surface area contributed by atoms with Gasteiger partial charge in [0.15, 0.2) is 31.0 Å². The van der Waals surface area contributed by atoms with Crippen LogP contribution in [0, 0.1) is 0 Å². The number of hydrogen-bond acceptors (Lipinski definition) is 2. The maximum Gasteiger partial charge on any atom is 0.441 e. The summed E-state index contributed by atoms with van der Waals surface area (Å²) in [6, 6.07) is 0. The Morgan fingerprint density at radius 3 is 1.57 bits per heavy atom. The maximum atomic E-state index is 9.09. The second kappa shape index (κ2) is 10.3. The lowest BCUT2D eigenvalue weighted by Gasteiger charge is -1.73. The maximum absolute atomic E-state index is 9.09. The Labute approximate surface area is 59.3 Å². The quantitative estimate of drug-likeness (QED) is 0.446. The van der Waals surface area contributed by atoms with Gasteiger partial charge in [0.2, 0.25) is 11.2 Å². The van der Waals surface area contributed by atoms with Gasteiger partial charge in [0.05, 0.1) is 0 Å². The highest BCUT2D eigenvalue weighted by atomic mass is 36.0. The molecular weight excluding hydrogens is 201 g/mol. The van der Waals surface area contributed by atoms with Gasteiger partial charge in [-0.2, -0.15) is 0 Å². The molecule has 0 aromatic heterocycles. The van der Waals surface area contributed by atoms with Crippen molar-refractivity contribution in [2.75, 3.05) is 0 Å². The summed E-state index contributed by atoms with van der Waals surface area (Å²) in [6.07, 6.45) is 0. The summed E-state index contributed by atoms with van der Waals surface area (Å²) >= 11 is 4.47. The Kier molecular flexibility index (Phi) is 16.4. The summed E-state index contributed by atoms with van der Waals surface area (Å²) in [5.41, 5.74) is 0. The molecule has 1 unspecified atom stereocenters. The van der Waals surface area contributed by atoms with Crippen LogP contribution >= 0.6 is 40.4 Å². The SMILES string of the molecule is O=[PH+]Cl.[O-][S+](Cl)Cl. The summed E-state index contributed by atoms with van der Waals surface area (Å²) in [6.45, 7) is 0. The molecule has 0 spiro atoms. The van der Waals surface area contributed by atoms with Crippen molar-refractivity contribution < 1.29 is 9.12 Å². The molecule has 0 bridgehead atoms. The molecule has 0 heterocycles. The smallest absolute Gasteiger partial charge is 0.441 e. The monoisotopic (exact) mass is 201 g/mol. The third-order valence-electron chi connectivity index (χ3n) is 0. The van der Waals surface area contributed by atoms with Gasteiger partial charge in [0, 0.05) is 0 Å². The molecule has 0 saturated carbocycles. The van der Waals surface area contributed by atoms with Crippen molar-refractivity contribution in [3.8, 4) is 0 Å². The van der Waals surface area contributed by atoms with Crippen LogP contribution in [-0.4, -0.2) is 4.55 Å². The highest BCUT2D eigenvalue weighted by Crippen LogP contribution is 1.98. The molecule has 0 fully saturated rings. The summed E-state index contributed by atoms with van der Waals surface area (Å²) in [5.74, 6) is 0. The minimum Gasteiger partial charge on any atom is -0.582 e. The van der Waals surface area contributed by atoms with E-state index < -0.39 is 17.4 Å². The molecule has 0 aromatic carbocycles. The van der Waals surface area contributed by atoms with Crippen molar-refractivity contribution in [3.05, 3.63) is 0 Å². The molecule has 0 aromatic rings. The summed E-state index contributed by atoms with van der Waals surface area (Å²) in [4.78, 5) is 0. The average Bonchev–Trinajstić information content (AvgIpc) is 1.33. The standard InChI is InChI=1S/Cl2OS.ClOP/c1-4(2)3;1-3-2/p+1. The van der Waals surface area contributed by atoms with Gasteiger partial charge in [-0.1, -0.05) is 4.57 Å². The van der Waals surface area contributed by atoms with E-state index in [4.69, 9.17) is 9.12 Å². The van der Waals surface area contributed by atoms with Crippen LogP contribution in [-0.2, 0) is 14.2 Å². The zero-order chi connectivity index (χ0) is 6.28. The largest absolute Gasteiger partial charge is 0.582 e. The first kappa shape index (κ1) is 11.1. The van der Waals surface area contributed by atoms with Crippen molar-refractivity contribution in [3.63, 3.8) is 0 Å². The fourth-order valence-corrected chi connectivity index (χ4v) is 0. The topological polar surface area (TPSA) is 40.1 Å². The Bertz CT molecular complexity index is 37.2. The van der Waals surface area contributed by atoms with Gasteiger partial charge in [-0.15, -0.1) is 0 Å². The van der Waals surface area contributed by atoms with E-state index in [2.05, 4.69) is 32.6 Å². The van der Waals surface area contributed by atoms with Crippen molar-refractivity contribution in [1.82, 2.24) is 0 Å². The van der Waals surface area contributed by atoms with Gasteiger partial charge >= 0.3 is 7.81 Å². The molecule has 44 valence electrons.